The SMILES string of the molecule is C[Si](C)(O)CCCOc1ccc(S(=O)(=O)N=[N+]=[N-])cc1. The third-order valence-corrected chi connectivity index (χ3v) is 5.20. The molecular formula is C11H17N3O4SSi. The van der Waals surface area contributed by atoms with E-state index in [1.807, 2.05) is 13.1 Å². The third-order valence-electron chi connectivity index (χ3n) is 2.47. The van der Waals surface area contributed by atoms with Gasteiger partial charge in [0.25, 0.3) is 10.0 Å². The molecule has 0 atom stereocenters. The molecule has 110 valence electrons. The number of rotatable bonds is 7. The molecule has 1 aromatic carbocycles. The number of ether oxygens (including phenoxy) is 1. The summed E-state index contributed by atoms with van der Waals surface area (Å²) in [6.45, 7) is 4.18. The summed E-state index contributed by atoms with van der Waals surface area (Å²) in [4.78, 5) is 11.9. The van der Waals surface area contributed by atoms with Crippen LogP contribution in [0.2, 0.25) is 19.1 Å². The lowest BCUT2D eigenvalue weighted by atomic mass is 10.3. The maximum atomic E-state index is 11.4. The Hall–Kier alpha value is -1.54. The lowest BCUT2D eigenvalue weighted by molar-refractivity contribution is 0.314. The fraction of sp³-hybridized carbons (Fsp3) is 0.455. The molecule has 7 nitrogen and oxygen atoms in total. The molecule has 0 amide bonds. The highest BCUT2D eigenvalue weighted by Crippen LogP contribution is 2.18. The van der Waals surface area contributed by atoms with Gasteiger partial charge in [-0.05, 0) is 55.4 Å². The molecule has 0 aliphatic rings. The number of hydrogen-bond donors (Lipinski definition) is 1. The fourth-order valence-electron chi connectivity index (χ4n) is 1.50. The van der Waals surface area contributed by atoms with Gasteiger partial charge in [-0.3, -0.25) is 0 Å². The molecule has 20 heavy (non-hydrogen) atoms. The van der Waals surface area contributed by atoms with E-state index < -0.39 is 18.3 Å². The molecule has 0 aromatic heterocycles. The molecule has 0 heterocycles. The number of sulfonamides is 1. The van der Waals surface area contributed by atoms with E-state index in [1.165, 1.54) is 24.3 Å². The number of hydrogen-bond acceptors (Lipinski definition) is 4. The Labute approximate surface area is 119 Å². The predicted molar refractivity (Wildman–Crippen MR) is 77.4 cm³/mol. The van der Waals surface area contributed by atoms with Crippen LogP contribution in [0, 0.1) is 0 Å². The quantitative estimate of drug-likeness (QED) is 0.274. The standard InChI is InChI=1S/C11H17N3O4SSi/c1-20(2,17)9-3-8-18-10-4-6-11(7-5-10)19(15,16)14-13-12/h4-7,17H,3,8-9H2,1-2H3. The van der Waals surface area contributed by atoms with Gasteiger partial charge in [0.05, 0.1) is 11.5 Å². The minimum atomic E-state index is -3.95. The van der Waals surface area contributed by atoms with Gasteiger partial charge >= 0.3 is 0 Å². The second kappa shape index (κ2) is 6.75. The van der Waals surface area contributed by atoms with Gasteiger partial charge < -0.3 is 9.53 Å². The van der Waals surface area contributed by atoms with E-state index in [-0.39, 0.29) is 4.90 Å². The zero-order valence-corrected chi connectivity index (χ0v) is 13.2. The highest BCUT2D eigenvalue weighted by Gasteiger charge is 2.16. The molecule has 1 aromatic rings. The minimum absolute atomic E-state index is 0.0773. The van der Waals surface area contributed by atoms with Gasteiger partial charge in [0.15, 0.2) is 8.32 Å². The van der Waals surface area contributed by atoms with Crippen LogP contribution in [0.15, 0.2) is 33.7 Å². The molecule has 0 radical (unpaired) electrons. The second-order valence-corrected chi connectivity index (χ2v) is 10.6. The maximum Gasteiger partial charge on any atom is 0.264 e. The predicted octanol–water partition coefficient (Wildman–Crippen LogP) is 2.65. The molecular weight excluding hydrogens is 298 g/mol. The van der Waals surface area contributed by atoms with Crippen molar-refractivity contribution in [2.75, 3.05) is 6.61 Å². The van der Waals surface area contributed by atoms with Crippen molar-refractivity contribution in [1.82, 2.24) is 0 Å². The van der Waals surface area contributed by atoms with E-state index in [0.29, 0.717) is 12.4 Å². The summed E-state index contributed by atoms with van der Waals surface area (Å²) in [7, 11) is -5.99. The van der Waals surface area contributed by atoms with Crippen LogP contribution in [-0.4, -0.2) is 28.1 Å². The van der Waals surface area contributed by atoms with Crippen LogP contribution in [0.5, 0.6) is 5.75 Å². The molecule has 0 bridgehead atoms. The highest BCUT2D eigenvalue weighted by molar-refractivity contribution is 7.90. The van der Waals surface area contributed by atoms with Crippen molar-refractivity contribution in [3.63, 3.8) is 0 Å². The molecule has 1 N–H and O–H groups in total. The van der Waals surface area contributed by atoms with Crippen molar-refractivity contribution in [2.45, 2.75) is 30.5 Å². The van der Waals surface area contributed by atoms with Crippen LogP contribution in [0.1, 0.15) is 6.42 Å². The molecule has 1 rings (SSSR count). The third kappa shape index (κ3) is 5.62. The lowest BCUT2D eigenvalue weighted by Crippen LogP contribution is -2.25. The van der Waals surface area contributed by atoms with E-state index in [0.717, 1.165) is 12.5 Å². The van der Waals surface area contributed by atoms with E-state index in [4.69, 9.17) is 10.3 Å². The van der Waals surface area contributed by atoms with E-state index in [1.54, 1.807) is 0 Å². The number of azide groups is 1. The van der Waals surface area contributed by atoms with Crippen molar-refractivity contribution < 1.29 is 18.0 Å². The highest BCUT2D eigenvalue weighted by atomic mass is 32.2. The summed E-state index contributed by atoms with van der Waals surface area (Å²) < 4.78 is 31.0. The smallest absolute Gasteiger partial charge is 0.264 e. The lowest BCUT2D eigenvalue weighted by Gasteiger charge is -2.13. The number of nitrogens with zero attached hydrogens (tertiary/aromatic N) is 3. The van der Waals surface area contributed by atoms with Gasteiger partial charge in [-0.1, -0.05) is 0 Å². The van der Waals surface area contributed by atoms with Gasteiger partial charge in [0.2, 0.25) is 0 Å². The first kappa shape index (κ1) is 16.5. The zero-order valence-electron chi connectivity index (χ0n) is 11.4. The minimum Gasteiger partial charge on any atom is -0.494 e. The summed E-state index contributed by atoms with van der Waals surface area (Å²) in [6.07, 6.45) is 0.745. The Kier molecular flexibility index (Phi) is 5.58. The van der Waals surface area contributed by atoms with Gasteiger partial charge in [-0.15, -0.1) is 0 Å². The van der Waals surface area contributed by atoms with E-state index in [9.17, 15) is 13.2 Å². The van der Waals surface area contributed by atoms with E-state index in [2.05, 4.69) is 9.43 Å². The van der Waals surface area contributed by atoms with Gasteiger partial charge in [-0.2, -0.15) is 0 Å². The Balaban J connectivity index is 2.58. The Morgan fingerprint density at radius 1 is 1.35 bits per heavy atom. The molecule has 0 aliphatic carbocycles. The Morgan fingerprint density at radius 2 is 1.95 bits per heavy atom. The van der Waals surface area contributed by atoms with Crippen molar-refractivity contribution in [1.29, 1.82) is 0 Å². The van der Waals surface area contributed by atoms with Gasteiger partial charge in [0, 0.05) is 9.43 Å². The molecule has 0 spiro atoms. The van der Waals surface area contributed by atoms with Crippen molar-refractivity contribution in [3.8, 4) is 5.75 Å². The average molecular weight is 315 g/mol. The largest absolute Gasteiger partial charge is 0.494 e. The normalized spacial score (nSPS) is 11.8. The molecule has 0 fully saturated rings. The van der Waals surface area contributed by atoms with Crippen molar-refractivity contribution >= 4 is 18.3 Å². The van der Waals surface area contributed by atoms with E-state index >= 15 is 0 Å². The van der Waals surface area contributed by atoms with Crippen molar-refractivity contribution in [2.24, 2.45) is 4.52 Å². The first-order valence-corrected chi connectivity index (χ1v) is 10.6. The summed E-state index contributed by atoms with van der Waals surface area (Å²) in [5.41, 5.74) is 8.16. The summed E-state index contributed by atoms with van der Waals surface area (Å²) in [6, 6.07) is 6.40. The topological polar surface area (TPSA) is 112 Å². The zero-order chi connectivity index (χ0) is 15.2. The number of benzene rings is 1. The molecule has 0 saturated carbocycles. The van der Waals surface area contributed by atoms with Gasteiger partial charge in [-0.25, -0.2) is 8.42 Å². The first-order chi connectivity index (χ1) is 9.24. The maximum absolute atomic E-state index is 11.4. The molecule has 0 aliphatic heterocycles. The Morgan fingerprint density at radius 3 is 2.45 bits per heavy atom. The van der Waals surface area contributed by atoms with Crippen LogP contribution >= 0.6 is 0 Å². The summed E-state index contributed by atoms with van der Waals surface area (Å²) >= 11 is 0. The van der Waals surface area contributed by atoms with Crippen LogP contribution in [0.3, 0.4) is 0 Å². The first-order valence-electron chi connectivity index (χ1n) is 6.01. The fourth-order valence-corrected chi connectivity index (χ4v) is 3.18. The summed E-state index contributed by atoms with van der Waals surface area (Å²) in [5.74, 6) is 0.530. The van der Waals surface area contributed by atoms with Crippen LogP contribution in [0.4, 0.5) is 0 Å². The second-order valence-electron chi connectivity index (χ2n) is 4.88. The van der Waals surface area contributed by atoms with Gasteiger partial charge in [0.1, 0.15) is 5.75 Å². The monoisotopic (exact) mass is 315 g/mol. The average Bonchev–Trinajstić information content (AvgIpc) is 2.34. The molecule has 0 saturated heterocycles. The Bertz CT molecular complexity index is 589. The van der Waals surface area contributed by atoms with Crippen LogP contribution in [-0.2, 0) is 10.0 Å². The van der Waals surface area contributed by atoms with Crippen LogP contribution in [0.25, 0.3) is 10.4 Å². The molecule has 9 heteroatoms. The van der Waals surface area contributed by atoms with Crippen LogP contribution < -0.4 is 4.74 Å². The summed E-state index contributed by atoms with van der Waals surface area (Å²) in [5, 5.41) is 0. The van der Waals surface area contributed by atoms with Crippen molar-refractivity contribution in [3.05, 3.63) is 34.7 Å². The molecule has 0 unspecified atom stereocenters.